The summed E-state index contributed by atoms with van der Waals surface area (Å²) in [6.45, 7) is 0. The van der Waals surface area contributed by atoms with Crippen LogP contribution < -0.4 is 10.6 Å². The number of hydrogen-bond donors (Lipinski definition) is 2. The van der Waals surface area contributed by atoms with Crippen molar-refractivity contribution in [1.82, 2.24) is 15.2 Å². The lowest BCUT2D eigenvalue weighted by molar-refractivity contribution is 0.0602. The third kappa shape index (κ3) is 4.21. The smallest absolute Gasteiger partial charge is 0.339 e. The zero-order valence-corrected chi connectivity index (χ0v) is 14.0. The molecule has 1 aromatic heterocycles. The van der Waals surface area contributed by atoms with Crippen LogP contribution in [0.2, 0.25) is 5.02 Å². The molecular weight excluding hydrogens is 342 g/mol. The highest BCUT2D eigenvalue weighted by atomic mass is 35.5. The fourth-order valence-electron chi connectivity index (χ4n) is 2.10. The van der Waals surface area contributed by atoms with Crippen LogP contribution in [0.4, 0.5) is 23.1 Å². The summed E-state index contributed by atoms with van der Waals surface area (Å²) in [6.07, 6.45) is 1.46. The van der Waals surface area contributed by atoms with Crippen molar-refractivity contribution in [3.63, 3.8) is 0 Å². The minimum absolute atomic E-state index is 0.308. The van der Waals surface area contributed by atoms with E-state index in [1.54, 1.807) is 48.5 Å². The van der Waals surface area contributed by atoms with Crippen LogP contribution in [0, 0.1) is 0 Å². The summed E-state index contributed by atoms with van der Waals surface area (Å²) in [7, 11) is 1.33. The number of nitrogens with zero attached hydrogens (tertiary/aromatic N) is 3. The van der Waals surface area contributed by atoms with Gasteiger partial charge in [-0.25, -0.2) is 4.79 Å². The molecule has 0 fully saturated rings. The molecule has 25 heavy (non-hydrogen) atoms. The number of esters is 1. The molecule has 0 saturated carbocycles. The highest BCUT2D eigenvalue weighted by Gasteiger charge is 2.12. The first-order valence-corrected chi connectivity index (χ1v) is 7.70. The summed E-state index contributed by atoms with van der Waals surface area (Å²) in [5.74, 6) is 0.301. The third-order valence-corrected chi connectivity index (χ3v) is 3.51. The van der Waals surface area contributed by atoms with E-state index in [1.165, 1.54) is 13.3 Å². The second-order valence-corrected chi connectivity index (χ2v) is 5.40. The van der Waals surface area contributed by atoms with Crippen molar-refractivity contribution < 1.29 is 9.53 Å². The van der Waals surface area contributed by atoms with Gasteiger partial charge in [0.15, 0.2) is 5.82 Å². The molecule has 1 heterocycles. The van der Waals surface area contributed by atoms with E-state index in [4.69, 9.17) is 16.3 Å². The lowest BCUT2D eigenvalue weighted by Crippen LogP contribution is -2.07. The maximum Gasteiger partial charge on any atom is 0.339 e. The van der Waals surface area contributed by atoms with Gasteiger partial charge in [0, 0.05) is 10.7 Å². The van der Waals surface area contributed by atoms with Gasteiger partial charge >= 0.3 is 5.97 Å². The molecule has 0 saturated heterocycles. The van der Waals surface area contributed by atoms with Gasteiger partial charge in [0.05, 0.1) is 24.6 Å². The van der Waals surface area contributed by atoms with Crippen molar-refractivity contribution in [1.29, 1.82) is 0 Å². The Bertz CT molecular complexity index is 886. The molecule has 0 aliphatic rings. The second-order valence-electron chi connectivity index (χ2n) is 4.96. The van der Waals surface area contributed by atoms with Gasteiger partial charge in [0.2, 0.25) is 5.95 Å². The summed E-state index contributed by atoms with van der Waals surface area (Å²) in [5, 5.41) is 14.6. The summed E-state index contributed by atoms with van der Waals surface area (Å²) >= 11 is 5.86. The quantitative estimate of drug-likeness (QED) is 0.673. The fourth-order valence-corrected chi connectivity index (χ4v) is 2.22. The highest BCUT2D eigenvalue weighted by molar-refractivity contribution is 6.30. The van der Waals surface area contributed by atoms with E-state index in [9.17, 15) is 4.79 Å². The summed E-state index contributed by atoms with van der Waals surface area (Å²) in [4.78, 5) is 16.2. The van der Waals surface area contributed by atoms with Gasteiger partial charge in [-0.2, -0.15) is 10.1 Å². The molecule has 8 heteroatoms. The number of carbonyl (C=O) groups is 1. The topological polar surface area (TPSA) is 89.0 Å². The SMILES string of the molecule is COC(=O)c1ccccc1Nc1cnnc(Nc2ccc(Cl)cc2)n1. The monoisotopic (exact) mass is 355 g/mol. The predicted molar refractivity (Wildman–Crippen MR) is 95.6 cm³/mol. The van der Waals surface area contributed by atoms with Crippen molar-refractivity contribution in [2.45, 2.75) is 0 Å². The number of ether oxygens (including phenoxy) is 1. The van der Waals surface area contributed by atoms with Crippen LogP contribution >= 0.6 is 11.6 Å². The van der Waals surface area contributed by atoms with E-state index >= 15 is 0 Å². The Morgan fingerprint density at radius 2 is 1.84 bits per heavy atom. The standard InChI is InChI=1S/C17H14ClN5O2/c1-25-16(24)13-4-2-3-5-14(13)21-15-10-19-23-17(22-15)20-12-8-6-11(18)7-9-12/h2-10H,1H3,(H2,20,21,22,23). The van der Waals surface area contributed by atoms with E-state index < -0.39 is 5.97 Å². The fraction of sp³-hybridized carbons (Fsp3) is 0.0588. The number of methoxy groups -OCH3 is 1. The number of carbonyl (C=O) groups excluding carboxylic acids is 1. The Hall–Kier alpha value is -3.19. The zero-order valence-electron chi connectivity index (χ0n) is 13.2. The Morgan fingerprint density at radius 3 is 2.60 bits per heavy atom. The Balaban J connectivity index is 1.81. The lowest BCUT2D eigenvalue weighted by atomic mass is 10.2. The largest absolute Gasteiger partial charge is 0.465 e. The van der Waals surface area contributed by atoms with Gasteiger partial charge in [-0.1, -0.05) is 23.7 Å². The summed E-state index contributed by atoms with van der Waals surface area (Å²) < 4.78 is 4.78. The summed E-state index contributed by atoms with van der Waals surface area (Å²) in [6, 6.07) is 14.1. The van der Waals surface area contributed by atoms with E-state index in [0.717, 1.165) is 5.69 Å². The molecule has 2 aromatic carbocycles. The van der Waals surface area contributed by atoms with Gasteiger partial charge in [-0.05, 0) is 36.4 Å². The number of anilines is 4. The van der Waals surface area contributed by atoms with Crippen LogP contribution in [0.25, 0.3) is 0 Å². The number of aromatic nitrogens is 3. The number of halogens is 1. The number of benzene rings is 2. The van der Waals surface area contributed by atoms with Gasteiger partial charge in [-0.3, -0.25) is 0 Å². The van der Waals surface area contributed by atoms with E-state index in [2.05, 4.69) is 25.8 Å². The number of rotatable bonds is 5. The van der Waals surface area contributed by atoms with E-state index in [0.29, 0.717) is 28.0 Å². The van der Waals surface area contributed by atoms with Crippen LogP contribution in [0.15, 0.2) is 54.7 Å². The second kappa shape index (κ2) is 7.59. The molecule has 0 atom stereocenters. The molecule has 126 valence electrons. The lowest BCUT2D eigenvalue weighted by Gasteiger charge is -2.10. The molecule has 0 aliphatic carbocycles. The molecule has 0 bridgehead atoms. The van der Waals surface area contributed by atoms with Crippen molar-refractivity contribution >= 4 is 40.7 Å². The van der Waals surface area contributed by atoms with Crippen LogP contribution in [0.5, 0.6) is 0 Å². The minimum atomic E-state index is -0.440. The first-order valence-electron chi connectivity index (χ1n) is 7.32. The highest BCUT2D eigenvalue weighted by Crippen LogP contribution is 2.21. The van der Waals surface area contributed by atoms with Crippen molar-refractivity contribution in [2.75, 3.05) is 17.7 Å². The van der Waals surface area contributed by atoms with Gasteiger partial charge in [0.25, 0.3) is 0 Å². The van der Waals surface area contributed by atoms with Crippen molar-refractivity contribution in [2.24, 2.45) is 0 Å². The van der Waals surface area contributed by atoms with Crippen LogP contribution in [-0.4, -0.2) is 28.3 Å². The predicted octanol–water partition coefficient (Wildman–Crippen LogP) is 3.80. The number of hydrogen-bond acceptors (Lipinski definition) is 7. The maximum atomic E-state index is 11.8. The Morgan fingerprint density at radius 1 is 1.08 bits per heavy atom. The first-order chi connectivity index (χ1) is 12.2. The first kappa shape index (κ1) is 16.7. The van der Waals surface area contributed by atoms with Crippen molar-refractivity contribution in [3.8, 4) is 0 Å². The average Bonchev–Trinajstić information content (AvgIpc) is 2.64. The van der Waals surface area contributed by atoms with Gasteiger partial charge in [-0.15, -0.1) is 5.10 Å². The molecule has 3 rings (SSSR count). The minimum Gasteiger partial charge on any atom is -0.465 e. The molecule has 0 radical (unpaired) electrons. The van der Waals surface area contributed by atoms with Gasteiger partial charge in [0.1, 0.15) is 0 Å². The Labute approximate surface area is 149 Å². The van der Waals surface area contributed by atoms with Crippen molar-refractivity contribution in [3.05, 3.63) is 65.3 Å². The van der Waals surface area contributed by atoms with Crippen LogP contribution in [0.1, 0.15) is 10.4 Å². The number of para-hydroxylation sites is 1. The molecule has 0 aliphatic heterocycles. The molecule has 7 nitrogen and oxygen atoms in total. The van der Waals surface area contributed by atoms with Crippen LogP contribution in [-0.2, 0) is 4.74 Å². The average molecular weight is 356 g/mol. The summed E-state index contributed by atoms with van der Waals surface area (Å²) in [5.41, 5.74) is 1.74. The molecule has 3 aromatic rings. The van der Waals surface area contributed by atoms with E-state index in [-0.39, 0.29) is 0 Å². The van der Waals surface area contributed by atoms with Crippen LogP contribution in [0.3, 0.4) is 0 Å². The molecule has 0 unspecified atom stereocenters. The molecule has 0 amide bonds. The molecule has 0 spiro atoms. The van der Waals surface area contributed by atoms with E-state index in [1.807, 2.05) is 0 Å². The zero-order chi connectivity index (χ0) is 17.6. The maximum absolute atomic E-state index is 11.8. The Kier molecular flexibility index (Phi) is 5.06. The molecule has 2 N–H and O–H groups in total. The molecular formula is C17H14ClN5O2. The van der Waals surface area contributed by atoms with Gasteiger partial charge < -0.3 is 15.4 Å². The number of nitrogens with one attached hydrogen (secondary N) is 2. The normalized spacial score (nSPS) is 10.2. The third-order valence-electron chi connectivity index (χ3n) is 3.25.